The number of benzene rings is 1. The number of nitrogens with zero attached hydrogens (tertiary/aromatic N) is 3. The summed E-state index contributed by atoms with van der Waals surface area (Å²) in [5.74, 6) is 0.159. The molecule has 1 spiro atoms. The highest BCUT2D eigenvalue weighted by atomic mass is 16.2. The number of aryl methyl sites for hydroxylation is 1. The Balaban J connectivity index is 1.48. The van der Waals surface area contributed by atoms with Crippen LogP contribution in [0.3, 0.4) is 0 Å². The fourth-order valence-electron chi connectivity index (χ4n) is 4.31. The Morgan fingerprint density at radius 1 is 1.31 bits per heavy atom. The Kier molecular flexibility index (Phi) is 4.26. The van der Waals surface area contributed by atoms with Gasteiger partial charge < -0.3 is 9.80 Å². The molecule has 0 radical (unpaired) electrons. The fourth-order valence-corrected chi connectivity index (χ4v) is 4.31. The Hall–Kier alpha value is -2.63. The van der Waals surface area contributed by atoms with Gasteiger partial charge in [0.05, 0.1) is 17.2 Å². The van der Waals surface area contributed by atoms with E-state index in [2.05, 4.69) is 35.3 Å². The number of likely N-dealkylation sites (tertiary alicyclic amines) is 2. The van der Waals surface area contributed by atoms with Crippen LogP contribution in [-0.2, 0) is 11.3 Å². The minimum atomic E-state index is -0.415. The van der Waals surface area contributed by atoms with Crippen molar-refractivity contribution in [3.05, 3.63) is 53.3 Å². The highest BCUT2D eigenvalue weighted by Gasteiger charge is 2.49. The van der Waals surface area contributed by atoms with Crippen molar-refractivity contribution in [2.45, 2.75) is 32.7 Å². The maximum Gasteiger partial charge on any atom is 0.257 e. The van der Waals surface area contributed by atoms with E-state index in [-0.39, 0.29) is 11.8 Å². The van der Waals surface area contributed by atoms with E-state index in [0.29, 0.717) is 25.2 Å². The van der Waals surface area contributed by atoms with Gasteiger partial charge in [0, 0.05) is 32.4 Å². The van der Waals surface area contributed by atoms with Crippen LogP contribution in [0, 0.1) is 12.3 Å². The molecule has 1 aromatic carbocycles. The highest BCUT2D eigenvalue weighted by molar-refractivity contribution is 5.95. The van der Waals surface area contributed by atoms with E-state index in [1.165, 1.54) is 11.1 Å². The van der Waals surface area contributed by atoms with E-state index in [1.54, 1.807) is 17.3 Å². The van der Waals surface area contributed by atoms with Crippen molar-refractivity contribution >= 4 is 11.8 Å². The molecular formula is C20H24N4O2. The molecule has 0 saturated carbocycles. The van der Waals surface area contributed by atoms with Gasteiger partial charge in [-0.3, -0.25) is 14.7 Å². The van der Waals surface area contributed by atoms with Gasteiger partial charge >= 0.3 is 0 Å². The van der Waals surface area contributed by atoms with Crippen LogP contribution in [0.25, 0.3) is 0 Å². The Morgan fingerprint density at radius 3 is 2.96 bits per heavy atom. The normalized spacial score (nSPS) is 23.0. The predicted octanol–water partition coefficient (Wildman–Crippen LogP) is 2.37. The van der Waals surface area contributed by atoms with Gasteiger partial charge in [-0.15, -0.1) is 0 Å². The molecule has 26 heavy (non-hydrogen) atoms. The van der Waals surface area contributed by atoms with E-state index < -0.39 is 5.41 Å². The summed E-state index contributed by atoms with van der Waals surface area (Å²) in [6.07, 6.45) is 5.76. The number of aromatic amines is 1. The zero-order valence-electron chi connectivity index (χ0n) is 15.1. The van der Waals surface area contributed by atoms with Crippen LogP contribution in [0.15, 0.2) is 36.7 Å². The lowest BCUT2D eigenvalue weighted by atomic mass is 9.78. The van der Waals surface area contributed by atoms with Gasteiger partial charge in [-0.05, 0) is 31.7 Å². The Bertz CT molecular complexity index is 817. The quantitative estimate of drug-likeness (QED) is 0.922. The molecular weight excluding hydrogens is 328 g/mol. The second kappa shape index (κ2) is 6.59. The Morgan fingerprint density at radius 2 is 2.19 bits per heavy atom. The lowest BCUT2D eigenvalue weighted by molar-refractivity contribution is -0.146. The molecule has 0 bridgehead atoms. The van der Waals surface area contributed by atoms with Crippen LogP contribution < -0.4 is 0 Å². The second-order valence-electron chi connectivity index (χ2n) is 7.56. The fraction of sp³-hybridized carbons (Fsp3) is 0.450. The molecule has 2 aromatic rings. The number of hydrogen-bond acceptors (Lipinski definition) is 3. The van der Waals surface area contributed by atoms with Crippen molar-refractivity contribution in [1.29, 1.82) is 0 Å². The van der Waals surface area contributed by atoms with Gasteiger partial charge in [-0.25, -0.2) is 0 Å². The van der Waals surface area contributed by atoms with Crippen LogP contribution in [0.1, 0.15) is 40.7 Å². The van der Waals surface area contributed by atoms with Gasteiger partial charge in [0.2, 0.25) is 5.91 Å². The molecule has 3 heterocycles. The third-order valence-corrected chi connectivity index (χ3v) is 5.67. The van der Waals surface area contributed by atoms with Gasteiger partial charge in [0.1, 0.15) is 0 Å². The number of aromatic nitrogens is 2. The molecule has 0 aliphatic carbocycles. The van der Waals surface area contributed by atoms with Crippen molar-refractivity contribution in [3.8, 4) is 0 Å². The second-order valence-corrected chi connectivity index (χ2v) is 7.56. The molecule has 2 fully saturated rings. The summed E-state index contributed by atoms with van der Waals surface area (Å²) in [4.78, 5) is 29.6. The topological polar surface area (TPSA) is 69.3 Å². The van der Waals surface area contributed by atoms with Crippen LogP contribution in [0.4, 0.5) is 0 Å². The summed E-state index contributed by atoms with van der Waals surface area (Å²) in [6, 6.07) is 8.32. The van der Waals surface area contributed by atoms with Crippen molar-refractivity contribution in [2.75, 3.05) is 19.6 Å². The molecule has 6 nitrogen and oxygen atoms in total. The van der Waals surface area contributed by atoms with Crippen molar-refractivity contribution in [3.63, 3.8) is 0 Å². The third kappa shape index (κ3) is 3.00. The number of rotatable bonds is 3. The number of piperidine rings is 1. The number of hydrogen-bond donors (Lipinski definition) is 1. The zero-order valence-corrected chi connectivity index (χ0v) is 15.1. The molecule has 1 N–H and O–H groups in total. The summed E-state index contributed by atoms with van der Waals surface area (Å²) in [6.45, 7) is 4.66. The number of carbonyl (C=O) groups excluding carboxylic acids is 2. The number of carbonyl (C=O) groups is 2. The summed E-state index contributed by atoms with van der Waals surface area (Å²) in [7, 11) is 0. The summed E-state index contributed by atoms with van der Waals surface area (Å²) < 4.78 is 0. The van der Waals surface area contributed by atoms with Gasteiger partial charge in [-0.2, -0.15) is 5.10 Å². The summed E-state index contributed by atoms with van der Waals surface area (Å²) in [5, 5.41) is 6.53. The van der Waals surface area contributed by atoms with Crippen molar-refractivity contribution in [2.24, 2.45) is 5.41 Å². The van der Waals surface area contributed by atoms with E-state index in [0.717, 1.165) is 25.8 Å². The lowest BCUT2D eigenvalue weighted by Gasteiger charge is -2.39. The molecule has 4 rings (SSSR count). The molecule has 6 heteroatoms. The minimum Gasteiger partial charge on any atom is -0.338 e. The predicted molar refractivity (Wildman–Crippen MR) is 97.4 cm³/mol. The van der Waals surface area contributed by atoms with Crippen LogP contribution in [0.5, 0.6) is 0 Å². The largest absolute Gasteiger partial charge is 0.338 e. The monoisotopic (exact) mass is 352 g/mol. The van der Waals surface area contributed by atoms with Gasteiger partial charge in [-0.1, -0.05) is 29.8 Å². The molecule has 0 unspecified atom stereocenters. The first-order valence-electron chi connectivity index (χ1n) is 9.20. The van der Waals surface area contributed by atoms with E-state index in [1.807, 2.05) is 11.0 Å². The first-order chi connectivity index (χ1) is 12.6. The number of nitrogens with one attached hydrogen (secondary N) is 1. The smallest absolute Gasteiger partial charge is 0.257 e. The lowest BCUT2D eigenvalue weighted by Crippen LogP contribution is -2.50. The molecule has 136 valence electrons. The molecule has 1 aromatic heterocycles. The Labute approximate surface area is 153 Å². The minimum absolute atomic E-state index is 0.0424. The molecule has 2 saturated heterocycles. The maximum absolute atomic E-state index is 13.3. The van der Waals surface area contributed by atoms with E-state index in [9.17, 15) is 9.59 Å². The van der Waals surface area contributed by atoms with Crippen molar-refractivity contribution < 1.29 is 9.59 Å². The first-order valence-corrected chi connectivity index (χ1v) is 9.20. The third-order valence-electron chi connectivity index (χ3n) is 5.67. The molecule has 2 amide bonds. The van der Waals surface area contributed by atoms with Gasteiger partial charge in [0.15, 0.2) is 0 Å². The number of H-pyrrole nitrogens is 1. The zero-order chi connectivity index (χ0) is 18.1. The molecule has 1 atom stereocenters. The molecule has 2 aliphatic rings. The van der Waals surface area contributed by atoms with Crippen LogP contribution >= 0.6 is 0 Å². The summed E-state index contributed by atoms with van der Waals surface area (Å²) >= 11 is 0. The standard InChI is InChI=1S/C20H24N4O2/c1-15-4-2-5-16(10-15)13-23-8-3-6-20(19(23)26)7-9-24(14-20)18(25)17-11-21-22-12-17/h2,4-5,10-12H,3,6-9,13-14H2,1H3,(H,21,22)/t20-/m0/s1. The average molecular weight is 352 g/mol. The van der Waals surface area contributed by atoms with Crippen LogP contribution in [-0.4, -0.2) is 51.4 Å². The number of amides is 2. The van der Waals surface area contributed by atoms with Crippen LogP contribution in [0.2, 0.25) is 0 Å². The SMILES string of the molecule is Cc1cccc(CN2CCC[C@@]3(CCN(C(=O)c4cn[nH]c4)C3)C2=O)c1. The van der Waals surface area contributed by atoms with E-state index >= 15 is 0 Å². The average Bonchev–Trinajstić information content (AvgIpc) is 3.30. The maximum atomic E-state index is 13.3. The van der Waals surface area contributed by atoms with E-state index in [4.69, 9.17) is 0 Å². The van der Waals surface area contributed by atoms with Crippen molar-refractivity contribution in [1.82, 2.24) is 20.0 Å². The molecule has 2 aliphatic heterocycles. The summed E-state index contributed by atoms with van der Waals surface area (Å²) in [5.41, 5.74) is 2.52. The van der Waals surface area contributed by atoms with Gasteiger partial charge in [0.25, 0.3) is 5.91 Å². The first kappa shape index (κ1) is 16.8. The highest BCUT2D eigenvalue weighted by Crippen LogP contribution is 2.40.